The van der Waals surface area contributed by atoms with Gasteiger partial charge in [0.25, 0.3) is 0 Å². The summed E-state index contributed by atoms with van der Waals surface area (Å²) in [6.07, 6.45) is 0. The number of hydrogen-bond acceptors (Lipinski definition) is 2. The number of amides is 1. The van der Waals surface area contributed by atoms with Crippen LogP contribution in [0.4, 0.5) is 0 Å². The number of benzene rings is 2. The lowest BCUT2D eigenvalue weighted by Crippen LogP contribution is -2.14. The number of hydrogen-bond donors (Lipinski definition) is 1. The summed E-state index contributed by atoms with van der Waals surface area (Å²) in [7, 11) is 0. The first kappa shape index (κ1) is 13.0. The molecular formula is C16H16N2O. The van der Waals surface area contributed by atoms with Crippen molar-refractivity contribution in [2.24, 2.45) is 5.10 Å². The molecule has 0 aliphatic carbocycles. The van der Waals surface area contributed by atoms with E-state index in [1.54, 1.807) is 0 Å². The van der Waals surface area contributed by atoms with E-state index in [0.29, 0.717) is 0 Å². The molecule has 1 N–H and O–H groups in total. The molecule has 2 aromatic carbocycles. The van der Waals surface area contributed by atoms with Crippen molar-refractivity contribution in [1.82, 2.24) is 5.43 Å². The summed E-state index contributed by atoms with van der Waals surface area (Å²) in [5.41, 5.74) is 6.57. The molecular weight excluding hydrogens is 236 g/mol. The van der Waals surface area contributed by atoms with Crippen LogP contribution in [0.1, 0.15) is 19.4 Å². The Hall–Kier alpha value is -2.42. The fourth-order valence-electron chi connectivity index (χ4n) is 1.76. The standard InChI is InChI=1S/C16H16N2O/c1-12(17-18-13(2)19)14-8-10-16(11-9-14)15-6-4-3-5-7-15/h3-11H,1-2H3,(H,18,19)/b17-12+. The van der Waals surface area contributed by atoms with Crippen LogP contribution in [0.15, 0.2) is 59.7 Å². The minimum Gasteiger partial charge on any atom is -0.274 e. The van der Waals surface area contributed by atoms with Gasteiger partial charge in [0.1, 0.15) is 0 Å². The Balaban J connectivity index is 2.19. The lowest BCUT2D eigenvalue weighted by atomic mass is 10.0. The van der Waals surface area contributed by atoms with Crippen LogP contribution in [0.2, 0.25) is 0 Å². The second kappa shape index (κ2) is 5.96. The number of nitrogens with one attached hydrogen (secondary N) is 1. The summed E-state index contributed by atoms with van der Waals surface area (Å²) >= 11 is 0. The van der Waals surface area contributed by atoms with Gasteiger partial charge in [0.2, 0.25) is 5.91 Å². The van der Waals surface area contributed by atoms with E-state index in [0.717, 1.165) is 16.8 Å². The first-order valence-electron chi connectivity index (χ1n) is 6.13. The van der Waals surface area contributed by atoms with Gasteiger partial charge < -0.3 is 0 Å². The molecule has 0 unspecified atom stereocenters. The molecule has 19 heavy (non-hydrogen) atoms. The minimum absolute atomic E-state index is 0.166. The van der Waals surface area contributed by atoms with Crippen LogP contribution < -0.4 is 5.43 Å². The average molecular weight is 252 g/mol. The molecule has 0 saturated carbocycles. The largest absolute Gasteiger partial charge is 0.274 e. The Morgan fingerprint density at radius 1 is 0.895 bits per heavy atom. The highest BCUT2D eigenvalue weighted by molar-refractivity contribution is 5.99. The smallest absolute Gasteiger partial charge is 0.236 e. The Morgan fingerprint density at radius 2 is 1.47 bits per heavy atom. The van der Waals surface area contributed by atoms with E-state index in [1.165, 1.54) is 12.5 Å². The summed E-state index contributed by atoms with van der Waals surface area (Å²) in [6.45, 7) is 3.31. The predicted octanol–water partition coefficient (Wildman–Crippen LogP) is 3.21. The maximum atomic E-state index is 10.8. The lowest BCUT2D eigenvalue weighted by Gasteiger charge is -2.04. The molecule has 3 heteroatoms. The Bertz CT molecular complexity index is 586. The molecule has 1 amide bonds. The fraction of sp³-hybridized carbons (Fsp3) is 0.125. The topological polar surface area (TPSA) is 41.5 Å². The minimum atomic E-state index is -0.166. The predicted molar refractivity (Wildman–Crippen MR) is 77.9 cm³/mol. The monoisotopic (exact) mass is 252 g/mol. The highest BCUT2D eigenvalue weighted by atomic mass is 16.2. The number of nitrogens with zero attached hydrogens (tertiary/aromatic N) is 1. The Morgan fingerprint density at radius 3 is 2.05 bits per heavy atom. The van der Waals surface area contributed by atoms with Gasteiger partial charge in [-0.25, -0.2) is 5.43 Å². The number of carbonyl (C=O) groups is 1. The molecule has 0 aliphatic rings. The van der Waals surface area contributed by atoms with Crippen LogP contribution >= 0.6 is 0 Å². The lowest BCUT2D eigenvalue weighted by molar-refractivity contribution is -0.118. The number of hydrazone groups is 1. The van der Waals surface area contributed by atoms with E-state index in [2.05, 4.69) is 34.8 Å². The Kier molecular flexibility index (Phi) is 4.08. The van der Waals surface area contributed by atoms with Crippen molar-refractivity contribution in [2.45, 2.75) is 13.8 Å². The van der Waals surface area contributed by atoms with E-state index in [-0.39, 0.29) is 5.91 Å². The van der Waals surface area contributed by atoms with Crippen molar-refractivity contribution < 1.29 is 4.79 Å². The SMILES string of the molecule is CC(=O)N/N=C(\C)c1ccc(-c2ccccc2)cc1. The van der Waals surface area contributed by atoms with Gasteiger partial charge in [-0.1, -0.05) is 54.6 Å². The van der Waals surface area contributed by atoms with Gasteiger partial charge in [0.05, 0.1) is 5.71 Å². The highest BCUT2D eigenvalue weighted by Crippen LogP contribution is 2.19. The van der Waals surface area contributed by atoms with E-state index in [4.69, 9.17) is 0 Å². The van der Waals surface area contributed by atoms with E-state index in [9.17, 15) is 4.79 Å². The van der Waals surface area contributed by atoms with Gasteiger partial charge in [-0.3, -0.25) is 4.79 Å². The van der Waals surface area contributed by atoms with Crippen molar-refractivity contribution in [1.29, 1.82) is 0 Å². The van der Waals surface area contributed by atoms with Crippen LogP contribution in [0.3, 0.4) is 0 Å². The van der Waals surface area contributed by atoms with Crippen LogP contribution in [-0.2, 0) is 4.79 Å². The quantitative estimate of drug-likeness (QED) is 0.661. The van der Waals surface area contributed by atoms with E-state index < -0.39 is 0 Å². The van der Waals surface area contributed by atoms with Gasteiger partial charge in [0, 0.05) is 6.92 Å². The van der Waals surface area contributed by atoms with Gasteiger partial charge in [-0.2, -0.15) is 5.10 Å². The number of rotatable bonds is 3. The third-order valence-corrected chi connectivity index (χ3v) is 2.79. The molecule has 0 atom stereocenters. The van der Waals surface area contributed by atoms with Crippen molar-refractivity contribution >= 4 is 11.6 Å². The normalized spacial score (nSPS) is 11.2. The summed E-state index contributed by atoms with van der Waals surface area (Å²) in [4.78, 5) is 10.8. The van der Waals surface area contributed by atoms with Gasteiger partial charge >= 0.3 is 0 Å². The molecule has 96 valence electrons. The zero-order valence-electron chi connectivity index (χ0n) is 11.1. The maximum Gasteiger partial charge on any atom is 0.236 e. The second-order valence-corrected chi connectivity index (χ2v) is 4.31. The molecule has 0 aromatic heterocycles. The molecule has 0 fully saturated rings. The molecule has 0 saturated heterocycles. The maximum absolute atomic E-state index is 10.8. The van der Waals surface area contributed by atoms with Crippen molar-refractivity contribution in [3.63, 3.8) is 0 Å². The summed E-state index contributed by atoms with van der Waals surface area (Å²) in [5.74, 6) is -0.166. The summed E-state index contributed by atoms with van der Waals surface area (Å²) < 4.78 is 0. The van der Waals surface area contributed by atoms with E-state index >= 15 is 0 Å². The first-order chi connectivity index (χ1) is 9.16. The van der Waals surface area contributed by atoms with Gasteiger partial charge in [-0.05, 0) is 23.6 Å². The summed E-state index contributed by atoms with van der Waals surface area (Å²) in [6, 6.07) is 18.3. The molecule has 0 aliphatic heterocycles. The second-order valence-electron chi connectivity index (χ2n) is 4.31. The number of carbonyl (C=O) groups excluding carboxylic acids is 1. The van der Waals surface area contributed by atoms with Crippen LogP contribution in [-0.4, -0.2) is 11.6 Å². The summed E-state index contributed by atoms with van der Waals surface area (Å²) in [5, 5.41) is 4.01. The molecule has 0 heterocycles. The average Bonchev–Trinajstić information content (AvgIpc) is 2.46. The molecule has 0 spiro atoms. The molecule has 3 nitrogen and oxygen atoms in total. The van der Waals surface area contributed by atoms with Crippen LogP contribution in [0, 0.1) is 0 Å². The van der Waals surface area contributed by atoms with Crippen molar-refractivity contribution in [3.8, 4) is 11.1 Å². The third-order valence-electron chi connectivity index (χ3n) is 2.79. The zero-order valence-corrected chi connectivity index (χ0v) is 11.1. The molecule has 2 aromatic rings. The van der Waals surface area contributed by atoms with Crippen LogP contribution in [0.5, 0.6) is 0 Å². The third kappa shape index (κ3) is 3.52. The van der Waals surface area contributed by atoms with E-state index in [1.807, 2.05) is 37.3 Å². The fourth-order valence-corrected chi connectivity index (χ4v) is 1.76. The highest BCUT2D eigenvalue weighted by Gasteiger charge is 2.00. The molecule has 0 bridgehead atoms. The molecule has 0 radical (unpaired) electrons. The van der Waals surface area contributed by atoms with Crippen molar-refractivity contribution in [3.05, 3.63) is 60.2 Å². The van der Waals surface area contributed by atoms with Crippen LogP contribution in [0.25, 0.3) is 11.1 Å². The Labute approximate surface area is 113 Å². The zero-order chi connectivity index (χ0) is 13.7. The van der Waals surface area contributed by atoms with Gasteiger partial charge in [0.15, 0.2) is 0 Å². The van der Waals surface area contributed by atoms with Crippen molar-refractivity contribution in [2.75, 3.05) is 0 Å². The molecule has 2 rings (SSSR count). The first-order valence-corrected chi connectivity index (χ1v) is 6.13. The van der Waals surface area contributed by atoms with Gasteiger partial charge in [-0.15, -0.1) is 0 Å².